The SMILES string of the molecule is COC(=O)c1sccc1NC(=O)CN1CCC2CNCC2C1.Cl. The smallest absolute Gasteiger partial charge is 0.350 e. The molecular weight excluding hydrogens is 338 g/mol. The standard InChI is InChI=1S/C15H21N3O3S.ClH/c1-21-15(20)14-12(3-5-22-14)17-13(19)9-18-4-2-10-6-16-7-11(10)8-18;/h3,5,10-11,16H,2,4,6-9H2,1H3,(H,17,19);1H. The van der Waals surface area contributed by atoms with Gasteiger partial charge in [-0.2, -0.15) is 0 Å². The van der Waals surface area contributed by atoms with Crippen LogP contribution in [0.4, 0.5) is 5.69 Å². The molecule has 2 saturated heterocycles. The highest BCUT2D eigenvalue weighted by Crippen LogP contribution is 2.27. The van der Waals surface area contributed by atoms with Crippen LogP contribution in [0.2, 0.25) is 0 Å². The highest BCUT2D eigenvalue weighted by Gasteiger charge is 2.33. The van der Waals surface area contributed by atoms with Crippen LogP contribution in [0.1, 0.15) is 16.1 Å². The predicted octanol–water partition coefficient (Wildman–Crippen LogP) is 1.44. The number of hydrogen-bond acceptors (Lipinski definition) is 6. The molecule has 0 aromatic carbocycles. The van der Waals surface area contributed by atoms with E-state index in [9.17, 15) is 9.59 Å². The number of esters is 1. The van der Waals surface area contributed by atoms with Crippen molar-refractivity contribution in [3.05, 3.63) is 16.3 Å². The van der Waals surface area contributed by atoms with Gasteiger partial charge in [0.1, 0.15) is 4.88 Å². The molecule has 0 bridgehead atoms. The third kappa shape index (κ3) is 4.23. The van der Waals surface area contributed by atoms with Crippen LogP contribution in [-0.2, 0) is 9.53 Å². The van der Waals surface area contributed by atoms with Gasteiger partial charge in [0.05, 0.1) is 19.3 Å². The van der Waals surface area contributed by atoms with E-state index < -0.39 is 5.97 Å². The van der Waals surface area contributed by atoms with Gasteiger partial charge in [-0.15, -0.1) is 23.7 Å². The second-order valence-corrected chi connectivity index (χ2v) is 6.82. The molecule has 2 aliphatic heterocycles. The third-order valence-corrected chi connectivity index (χ3v) is 5.36. The highest BCUT2D eigenvalue weighted by molar-refractivity contribution is 7.12. The van der Waals surface area contributed by atoms with E-state index in [1.165, 1.54) is 18.4 Å². The van der Waals surface area contributed by atoms with Crippen molar-refractivity contribution < 1.29 is 14.3 Å². The molecule has 2 N–H and O–H groups in total. The lowest BCUT2D eigenvalue weighted by atomic mass is 9.89. The van der Waals surface area contributed by atoms with Crippen molar-refractivity contribution in [2.75, 3.05) is 45.2 Å². The summed E-state index contributed by atoms with van der Waals surface area (Å²) in [5.74, 6) is 0.937. The lowest BCUT2D eigenvalue weighted by Gasteiger charge is -2.33. The molecule has 8 heteroatoms. The Hall–Kier alpha value is -1.15. The van der Waals surface area contributed by atoms with Crippen LogP contribution in [0.3, 0.4) is 0 Å². The molecule has 2 unspecified atom stereocenters. The molecule has 1 aromatic heterocycles. The van der Waals surface area contributed by atoms with E-state index in [2.05, 4.69) is 15.5 Å². The van der Waals surface area contributed by atoms with E-state index in [0.717, 1.165) is 38.5 Å². The maximum Gasteiger partial charge on any atom is 0.350 e. The topological polar surface area (TPSA) is 70.7 Å². The number of halogens is 1. The van der Waals surface area contributed by atoms with Crippen molar-refractivity contribution in [3.63, 3.8) is 0 Å². The number of nitrogens with one attached hydrogen (secondary N) is 2. The molecule has 0 radical (unpaired) electrons. The van der Waals surface area contributed by atoms with Crippen molar-refractivity contribution in [1.82, 2.24) is 10.2 Å². The van der Waals surface area contributed by atoms with Crippen molar-refractivity contribution in [1.29, 1.82) is 0 Å². The van der Waals surface area contributed by atoms with Gasteiger partial charge >= 0.3 is 5.97 Å². The number of thiophene rings is 1. The van der Waals surface area contributed by atoms with E-state index in [1.54, 1.807) is 11.4 Å². The molecule has 1 amide bonds. The van der Waals surface area contributed by atoms with Crippen LogP contribution in [0.25, 0.3) is 0 Å². The number of carbonyl (C=O) groups is 2. The number of piperidine rings is 1. The summed E-state index contributed by atoms with van der Waals surface area (Å²) < 4.78 is 4.72. The van der Waals surface area contributed by atoms with Gasteiger partial charge in [-0.3, -0.25) is 9.69 Å². The summed E-state index contributed by atoms with van der Waals surface area (Å²) in [6.45, 7) is 4.48. The number of nitrogens with zero attached hydrogens (tertiary/aromatic N) is 1. The molecule has 0 aliphatic carbocycles. The zero-order valence-electron chi connectivity index (χ0n) is 13.0. The van der Waals surface area contributed by atoms with E-state index >= 15 is 0 Å². The van der Waals surface area contributed by atoms with Crippen LogP contribution in [0, 0.1) is 11.8 Å². The number of amides is 1. The Labute approximate surface area is 146 Å². The molecule has 0 saturated carbocycles. The molecule has 2 fully saturated rings. The summed E-state index contributed by atoms with van der Waals surface area (Å²) in [6, 6.07) is 1.74. The fraction of sp³-hybridized carbons (Fsp3) is 0.600. The zero-order chi connectivity index (χ0) is 15.5. The molecule has 128 valence electrons. The van der Waals surface area contributed by atoms with Crippen LogP contribution < -0.4 is 10.6 Å². The molecular formula is C15H22ClN3O3S. The first-order valence-corrected chi connectivity index (χ1v) is 8.44. The fourth-order valence-electron chi connectivity index (χ4n) is 3.31. The maximum atomic E-state index is 12.2. The fourth-order valence-corrected chi connectivity index (χ4v) is 4.07. The molecule has 1 aromatic rings. The zero-order valence-corrected chi connectivity index (χ0v) is 14.7. The Balaban J connectivity index is 0.00000192. The van der Waals surface area contributed by atoms with Crippen LogP contribution >= 0.6 is 23.7 Å². The normalized spacial score (nSPS) is 23.7. The lowest BCUT2D eigenvalue weighted by molar-refractivity contribution is -0.117. The number of anilines is 1. The summed E-state index contributed by atoms with van der Waals surface area (Å²) in [5.41, 5.74) is 0.541. The van der Waals surface area contributed by atoms with E-state index in [4.69, 9.17) is 4.74 Å². The Morgan fingerprint density at radius 2 is 2.22 bits per heavy atom. The first kappa shape index (κ1) is 18.2. The minimum absolute atomic E-state index is 0. The number of hydrogen-bond donors (Lipinski definition) is 2. The van der Waals surface area contributed by atoms with Gasteiger partial charge in [0.25, 0.3) is 0 Å². The van der Waals surface area contributed by atoms with E-state index in [0.29, 0.717) is 23.0 Å². The second kappa shape index (κ2) is 8.10. The average molecular weight is 360 g/mol. The van der Waals surface area contributed by atoms with E-state index in [1.807, 2.05) is 0 Å². The molecule has 3 heterocycles. The first-order valence-electron chi connectivity index (χ1n) is 7.56. The highest BCUT2D eigenvalue weighted by atomic mass is 35.5. The minimum Gasteiger partial charge on any atom is -0.465 e. The summed E-state index contributed by atoms with van der Waals surface area (Å²) >= 11 is 1.27. The van der Waals surface area contributed by atoms with Crippen LogP contribution in [-0.4, -0.2) is 56.6 Å². The lowest BCUT2D eigenvalue weighted by Crippen LogP contribution is -2.43. The Kier molecular flexibility index (Phi) is 6.41. The van der Waals surface area contributed by atoms with E-state index in [-0.39, 0.29) is 18.3 Å². The minimum atomic E-state index is -0.414. The number of ether oxygens (including phenoxy) is 1. The molecule has 2 atom stereocenters. The average Bonchev–Trinajstić information content (AvgIpc) is 3.14. The van der Waals surface area contributed by atoms with Gasteiger partial charge in [-0.25, -0.2) is 4.79 Å². The predicted molar refractivity (Wildman–Crippen MR) is 92.4 cm³/mol. The van der Waals surface area contributed by atoms with Gasteiger partial charge in [0, 0.05) is 6.54 Å². The van der Waals surface area contributed by atoms with Gasteiger partial charge < -0.3 is 15.4 Å². The van der Waals surface area contributed by atoms with Crippen LogP contribution in [0.5, 0.6) is 0 Å². The van der Waals surface area contributed by atoms with Crippen molar-refractivity contribution in [3.8, 4) is 0 Å². The summed E-state index contributed by atoms with van der Waals surface area (Å²) in [5, 5.41) is 8.03. The maximum absolute atomic E-state index is 12.2. The van der Waals surface area contributed by atoms with Gasteiger partial charge in [-0.1, -0.05) is 0 Å². The molecule has 2 aliphatic rings. The van der Waals surface area contributed by atoms with Crippen molar-refractivity contribution in [2.45, 2.75) is 6.42 Å². The summed E-state index contributed by atoms with van der Waals surface area (Å²) in [4.78, 5) is 26.5. The first-order chi connectivity index (χ1) is 10.7. The van der Waals surface area contributed by atoms with Gasteiger partial charge in [-0.05, 0) is 49.3 Å². The Bertz CT molecular complexity index is 566. The number of likely N-dealkylation sites (tertiary alicyclic amines) is 1. The third-order valence-electron chi connectivity index (χ3n) is 4.47. The molecule has 0 spiro atoms. The largest absolute Gasteiger partial charge is 0.465 e. The summed E-state index contributed by atoms with van der Waals surface area (Å²) in [6.07, 6.45) is 1.15. The number of methoxy groups -OCH3 is 1. The quantitative estimate of drug-likeness (QED) is 0.796. The number of fused-ring (bicyclic) bond motifs is 1. The van der Waals surface area contributed by atoms with Gasteiger partial charge in [0.15, 0.2) is 0 Å². The number of carbonyl (C=O) groups excluding carboxylic acids is 2. The summed E-state index contributed by atoms with van der Waals surface area (Å²) in [7, 11) is 1.34. The number of rotatable bonds is 4. The van der Waals surface area contributed by atoms with Gasteiger partial charge in [0.2, 0.25) is 5.91 Å². The Morgan fingerprint density at radius 3 is 3.00 bits per heavy atom. The van der Waals surface area contributed by atoms with Crippen molar-refractivity contribution >= 4 is 41.3 Å². The van der Waals surface area contributed by atoms with Crippen molar-refractivity contribution in [2.24, 2.45) is 11.8 Å². The monoisotopic (exact) mass is 359 g/mol. The Morgan fingerprint density at radius 1 is 1.43 bits per heavy atom. The second-order valence-electron chi connectivity index (χ2n) is 5.91. The molecule has 6 nitrogen and oxygen atoms in total. The molecule has 23 heavy (non-hydrogen) atoms. The molecule has 3 rings (SSSR count). The van der Waals surface area contributed by atoms with Crippen LogP contribution in [0.15, 0.2) is 11.4 Å².